The van der Waals surface area contributed by atoms with Gasteiger partial charge in [-0.05, 0) is 30.4 Å². The van der Waals surface area contributed by atoms with Gasteiger partial charge in [0, 0.05) is 6.08 Å². The minimum absolute atomic E-state index is 0.0931. The van der Waals surface area contributed by atoms with Gasteiger partial charge in [0.25, 0.3) is 0 Å². The smallest absolute Gasteiger partial charge is 0.332 e. The Hall–Kier alpha value is -1.95. The number of ether oxygens (including phenoxy) is 1. The second-order valence-corrected chi connectivity index (χ2v) is 4.74. The molecule has 0 aliphatic carbocycles. The molecule has 0 unspecified atom stereocenters. The van der Waals surface area contributed by atoms with Crippen LogP contribution in [0.5, 0.6) is 0 Å². The Kier molecular flexibility index (Phi) is 8.99. The Morgan fingerprint density at radius 2 is 1.68 bits per heavy atom. The Balaban J connectivity index is 5.07. The van der Waals surface area contributed by atoms with E-state index in [1.807, 2.05) is 0 Å². The summed E-state index contributed by atoms with van der Waals surface area (Å²) in [5, 5.41) is 12.4. The van der Waals surface area contributed by atoms with E-state index in [2.05, 4.69) is 20.4 Å². The van der Waals surface area contributed by atoms with Crippen molar-refractivity contribution in [2.45, 2.75) is 6.92 Å². The van der Waals surface area contributed by atoms with Gasteiger partial charge >= 0.3 is 5.97 Å². The van der Waals surface area contributed by atoms with Gasteiger partial charge in [0.05, 0.1) is 10.8 Å². The van der Waals surface area contributed by atoms with Crippen molar-refractivity contribution in [1.29, 1.82) is 11.1 Å². The molecule has 19 heavy (non-hydrogen) atoms. The maximum atomic E-state index is 11.3. The first-order valence-electron chi connectivity index (χ1n) is 4.66. The summed E-state index contributed by atoms with van der Waals surface area (Å²) < 4.78 is 4.99. The molecule has 0 fully saturated rings. The number of carbonyl (C=O) groups excluding carboxylic acids is 1. The minimum Gasteiger partial charge on any atom is -0.463 e. The van der Waals surface area contributed by atoms with E-state index in [1.165, 1.54) is 0 Å². The third-order valence-corrected chi connectivity index (χ3v) is 3.21. The lowest BCUT2D eigenvalue weighted by atomic mass is 10.6. The van der Waals surface area contributed by atoms with Crippen LogP contribution >= 0.6 is 23.5 Å². The van der Waals surface area contributed by atoms with Crippen LogP contribution in [0.2, 0.25) is 0 Å². The number of rotatable bonds is 4. The lowest BCUT2D eigenvalue weighted by Gasteiger charge is -2.03. The van der Waals surface area contributed by atoms with Crippen LogP contribution in [0.15, 0.2) is 30.7 Å². The van der Waals surface area contributed by atoms with Gasteiger partial charge in [-0.1, -0.05) is 0 Å². The molecule has 0 aromatic rings. The van der Waals surface area contributed by atoms with Gasteiger partial charge in [-0.3, -0.25) is 0 Å². The first kappa shape index (κ1) is 17.1. The van der Waals surface area contributed by atoms with Crippen LogP contribution in [-0.4, -0.2) is 22.9 Å². The van der Waals surface area contributed by atoms with E-state index in [0.717, 1.165) is 29.6 Å². The van der Waals surface area contributed by atoms with E-state index in [4.69, 9.17) is 27.5 Å². The van der Waals surface area contributed by atoms with E-state index in [0.29, 0.717) is 0 Å². The van der Waals surface area contributed by atoms with Crippen LogP contribution in [-0.2, 0) is 9.53 Å². The van der Waals surface area contributed by atoms with Crippen LogP contribution in [0.1, 0.15) is 6.92 Å². The zero-order valence-corrected chi connectivity index (χ0v) is 11.5. The second kappa shape index (κ2) is 10.0. The Morgan fingerprint density at radius 1 is 1.21 bits per heavy atom. The number of esters is 1. The van der Waals surface area contributed by atoms with Crippen LogP contribution in [0.4, 0.5) is 0 Å². The van der Waals surface area contributed by atoms with Gasteiger partial charge in [-0.2, -0.15) is 10.2 Å². The molecule has 10 nitrogen and oxygen atoms in total. The van der Waals surface area contributed by atoms with Crippen LogP contribution < -0.4 is 11.7 Å². The molecule has 0 atom stereocenters. The molecule has 6 N–H and O–H groups in total. The number of hydrogen-bond acceptors (Lipinski definition) is 10. The van der Waals surface area contributed by atoms with Crippen molar-refractivity contribution in [3.8, 4) is 0 Å². The fraction of sp³-hybridized carbons (Fsp3) is 0.286. The molecule has 0 aliphatic rings. The van der Waals surface area contributed by atoms with Crippen molar-refractivity contribution in [3.63, 3.8) is 0 Å². The fourth-order valence-corrected chi connectivity index (χ4v) is 2.18. The van der Waals surface area contributed by atoms with Crippen LogP contribution in [0.25, 0.3) is 0 Å². The van der Waals surface area contributed by atoms with Gasteiger partial charge in [0.1, 0.15) is 0 Å². The number of carbonyl (C=O) groups is 1. The predicted octanol–water partition coefficient (Wildman–Crippen LogP) is 1.38. The molecule has 0 bridgehead atoms. The Morgan fingerprint density at radius 3 is 2.00 bits per heavy atom. The normalized spacial score (nSPS) is 11.6. The topological polar surface area (TPSA) is 175 Å². The molecular formula is C7H12N8O2S2. The molecule has 104 valence electrons. The van der Waals surface area contributed by atoms with Crippen molar-refractivity contribution < 1.29 is 9.53 Å². The average Bonchev–Trinajstić information content (AvgIpc) is 2.41. The molecule has 0 radical (unpaired) electrons. The summed E-state index contributed by atoms with van der Waals surface area (Å²) in [5.41, 5.74) is 13.6. The van der Waals surface area contributed by atoms with E-state index >= 15 is 0 Å². The summed E-state index contributed by atoms with van der Waals surface area (Å²) in [5.74, 6) is 9.39. The van der Waals surface area contributed by atoms with Crippen molar-refractivity contribution in [2.75, 3.05) is 6.61 Å². The zero-order chi connectivity index (χ0) is 14.7. The molecule has 12 heteroatoms. The second-order valence-electron chi connectivity index (χ2n) is 2.47. The zero-order valence-electron chi connectivity index (χ0n) is 9.86. The standard InChI is InChI=1S/C7H12N8O2S2/c1-2-17-4(16)3-5(18-6(12-8)13-9)19-7(14-10)15-11/h3,8,10H,2,9,11H2,1H3. The van der Waals surface area contributed by atoms with Gasteiger partial charge < -0.3 is 16.4 Å². The molecule has 0 amide bonds. The number of thioether (sulfide) groups is 2. The van der Waals surface area contributed by atoms with Crippen LogP contribution in [0.3, 0.4) is 0 Å². The number of hydrogen-bond donors (Lipinski definition) is 4. The first-order valence-corrected chi connectivity index (χ1v) is 6.29. The number of hydrazone groups is 2. The van der Waals surface area contributed by atoms with Crippen molar-refractivity contribution in [3.05, 3.63) is 10.3 Å². The van der Waals surface area contributed by atoms with Gasteiger partial charge in [-0.25, -0.2) is 15.9 Å². The minimum atomic E-state index is -0.611. The Labute approximate surface area is 117 Å². The highest BCUT2D eigenvalue weighted by Gasteiger charge is 2.12. The lowest BCUT2D eigenvalue weighted by molar-refractivity contribution is -0.137. The van der Waals surface area contributed by atoms with Gasteiger partial charge in [-0.15, -0.1) is 10.2 Å². The highest BCUT2D eigenvalue weighted by molar-refractivity contribution is 8.34. The van der Waals surface area contributed by atoms with Crippen molar-refractivity contribution in [1.82, 2.24) is 0 Å². The third kappa shape index (κ3) is 7.15. The number of amidine groups is 2. The molecule has 0 saturated carbocycles. The summed E-state index contributed by atoms with van der Waals surface area (Å²) >= 11 is 1.63. The largest absolute Gasteiger partial charge is 0.463 e. The highest BCUT2D eigenvalue weighted by Crippen LogP contribution is 2.31. The quantitative estimate of drug-likeness (QED) is 0.116. The number of nitrogens with zero attached hydrogens (tertiary/aromatic N) is 4. The SMILES string of the molecule is CCOC(=O)C=C(SC(N=N)=NN)SC(N=N)=NN. The van der Waals surface area contributed by atoms with Gasteiger partial charge in [0.15, 0.2) is 0 Å². The monoisotopic (exact) mass is 304 g/mol. The molecule has 0 rings (SSSR count). The van der Waals surface area contributed by atoms with Crippen LogP contribution in [0, 0.1) is 11.1 Å². The fourth-order valence-electron chi connectivity index (χ4n) is 0.696. The van der Waals surface area contributed by atoms with Crippen molar-refractivity contribution in [2.24, 2.45) is 32.1 Å². The summed E-state index contributed by atoms with van der Waals surface area (Å²) in [6, 6.07) is 0. The maximum absolute atomic E-state index is 11.3. The molecule has 0 spiro atoms. The molecule has 0 aromatic carbocycles. The Bertz CT molecular complexity index is 405. The van der Waals surface area contributed by atoms with Crippen molar-refractivity contribution >= 4 is 39.8 Å². The first-order chi connectivity index (χ1) is 9.10. The average molecular weight is 304 g/mol. The summed E-state index contributed by atoms with van der Waals surface area (Å²) in [6.45, 7) is 1.86. The molecule has 0 aromatic heterocycles. The van der Waals surface area contributed by atoms with E-state index in [-0.39, 0.29) is 21.2 Å². The summed E-state index contributed by atoms with van der Waals surface area (Å²) in [4.78, 5) is 11.3. The predicted molar refractivity (Wildman–Crippen MR) is 73.4 cm³/mol. The van der Waals surface area contributed by atoms with Gasteiger partial charge in [0.2, 0.25) is 10.3 Å². The number of nitrogens with two attached hydrogens (primary N) is 2. The molecule has 0 heterocycles. The molecular weight excluding hydrogens is 292 g/mol. The van der Waals surface area contributed by atoms with E-state index < -0.39 is 5.97 Å². The molecule has 0 saturated heterocycles. The lowest BCUT2D eigenvalue weighted by Crippen LogP contribution is -2.02. The van der Waals surface area contributed by atoms with E-state index in [9.17, 15) is 4.79 Å². The number of nitrogens with one attached hydrogen (secondary N) is 2. The van der Waals surface area contributed by atoms with E-state index in [1.54, 1.807) is 6.92 Å². The third-order valence-electron chi connectivity index (χ3n) is 1.32. The summed E-state index contributed by atoms with van der Waals surface area (Å²) in [6.07, 6.45) is 1.12. The maximum Gasteiger partial charge on any atom is 0.332 e. The summed E-state index contributed by atoms with van der Waals surface area (Å²) in [7, 11) is 0. The molecule has 0 aliphatic heterocycles. The highest BCUT2D eigenvalue weighted by atomic mass is 32.2.